The summed E-state index contributed by atoms with van der Waals surface area (Å²) in [6, 6.07) is 0.362. The Morgan fingerprint density at radius 2 is 1.82 bits per heavy atom. The highest BCUT2D eigenvalue weighted by molar-refractivity contribution is 4.70. The van der Waals surface area contributed by atoms with Gasteiger partial charge in [-0.3, -0.25) is 0 Å². The number of aliphatic hydroxyl groups excluding tert-OH is 2. The smallest absolute Gasteiger partial charge is 0.0662 e. The summed E-state index contributed by atoms with van der Waals surface area (Å²) in [6.07, 6.45) is 0.396. The molecule has 0 amide bonds. The van der Waals surface area contributed by atoms with Crippen LogP contribution in [0.5, 0.6) is 0 Å². The van der Waals surface area contributed by atoms with Crippen molar-refractivity contribution in [1.29, 1.82) is 0 Å². The Balaban J connectivity index is 3.48. The molecule has 11 heavy (non-hydrogen) atoms. The van der Waals surface area contributed by atoms with Crippen LogP contribution in [-0.4, -0.2) is 35.0 Å². The van der Waals surface area contributed by atoms with Gasteiger partial charge in [-0.05, 0) is 27.2 Å². The molecule has 0 aromatic heterocycles. The summed E-state index contributed by atoms with van der Waals surface area (Å²) in [7, 11) is 0. The van der Waals surface area contributed by atoms with Crippen molar-refractivity contribution >= 4 is 0 Å². The van der Waals surface area contributed by atoms with Crippen LogP contribution in [0.1, 0.15) is 27.2 Å². The van der Waals surface area contributed by atoms with E-state index in [1.807, 2.05) is 13.8 Å². The van der Waals surface area contributed by atoms with Gasteiger partial charge in [0.2, 0.25) is 0 Å². The van der Waals surface area contributed by atoms with E-state index in [2.05, 4.69) is 5.32 Å². The summed E-state index contributed by atoms with van der Waals surface area (Å²) < 4.78 is 0. The van der Waals surface area contributed by atoms with E-state index < -0.39 is 0 Å². The molecule has 0 aliphatic heterocycles. The average molecular weight is 161 g/mol. The third-order valence-corrected chi connectivity index (χ3v) is 1.83. The molecule has 0 rings (SSSR count). The molecule has 3 atom stereocenters. The molecule has 3 heteroatoms. The standard InChI is InChI=1S/C8H19NO2/c1-6(4-5-10)9-7(2)8(3)11/h6-11H,4-5H2,1-3H3. The van der Waals surface area contributed by atoms with Crippen molar-refractivity contribution in [1.82, 2.24) is 5.32 Å². The summed E-state index contributed by atoms with van der Waals surface area (Å²) in [6.45, 7) is 5.87. The lowest BCUT2D eigenvalue weighted by Gasteiger charge is -2.21. The number of aliphatic hydroxyl groups is 2. The van der Waals surface area contributed by atoms with Crippen molar-refractivity contribution in [3.05, 3.63) is 0 Å². The van der Waals surface area contributed by atoms with Crippen LogP contribution in [-0.2, 0) is 0 Å². The molecule has 0 bridgehead atoms. The molecule has 0 saturated heterocycles. The molecule has 0 aliphatic rings. The Hall–Kier alpha value is -0.120. The Morgan fingerprint density at radius 1 is 1.27 bits per heavy atom. The van der Waals surface area contributed by atoms with Gasteiger partial charge in [0.25, 0.3) is 0 Å². The van der Waals surface area contributed by atoms with Gasteiger partial charge >= 0.3 is 0 Å². The molecule has 0 saturated carbocycles. The summed E-state index contributed by atoms with van der Waals surface area (Å²) in [5.41, 5.74) is 0. The second kappa shape index (κ2) is 5.52. The van der Waals surface area contributed by atoms with Crippen LogP contribution in [0.25, 0.3) is 0 Å². The van der Waals surface area contributed by atoms with Crippen molar-refractivity contribution in [2.45, 2.75) is 45.4 Å². The van der Waals surface area contributed by atoms with Crippen molar-refractivity contribution in [3.63, 3.8) is 0 Å². The van der Waals surface area contributed by atoms with E-state index in [9.17, 15) is 0 Å². The number of rotatable bonds is 5. The van der Waals surface area contributed by atoms with E-state index in [1.54, 1.807) is 6.92 Å². The predicted octanol–water partition coefficient (Wildman–Crippen LogP) is 0.116. The Labute approximate surface area is 68.4 Å². The lowest BCUT2D eigenvalue weighted by molar-refractivity contribution is 0.143. The number of hydrogen-bond donors (Lipinski definition) is 3. The molecule has 0 aromatic rings. The van der Waals surface area contributed by atoms with Crippen LogP contribution in [0.15, 0.2) is 0 Å². The number of nitrogens with one attached hydrogen (secondary N) is 1. The molecule has 3 unspecified atom stereocenters. The highest BCUT2D eigenvalue weighted by Gasteiger charge is 2.10. The average Bonchev–Trinajstić information content (AvgIpc) is 1.87. The highest BCUT2D eigenvalue weighted by Crippen LogP contribution is 1.95. The van der Waals surface area contributed by atoms with Gasteiger partial charge < -0.3 is 15.5 Å². The second-order valence-corrected chi connectivity index (χ2v) is 3.11. The molecule has 0 spiro atoms. The Morgan fingerprint density at radius 3 is 2.18 bits per heavy atom. The van der Waals surface area contributed by atoms with E-state index in [0.717, 1.165) is 6.42 Å². The SMILES string of the molecule is CC(CCO)NC(C)C(C)O. The van der Waals surface area contributed by atoms with E-state index in [1.165, 1.54) is 0 Å². The maximum atomic E-state index is 9.11. The summed E-state index contributed by atoms with van der Waals surface area (Å²) in [4.78, 5) is 0. The zero-order valence-corrected chi connectivity index (χ0v) is 7.54. The normalized spacial score (nSPS) is 19.4. The van der Waals surface area contributed by atoms with Crippen molar-refractivity contribution < 1.29 is 10.2 Å². The van der Waals surface area contributed by atoms with Gasteiger partial charge in [-0.15, -0.1) is 0 Å². The van der Waals surface area contributed by atoms with Crippen LogP contribution in [0.4, 0.5) is 0 Å². The van der Waals surface area contributed by atoms with Gasteiger partial charge in [0.05, 0.1) is 6.10 Å². The molecule has 0 aliphatic carbocycles. The van der Waals surface area contributed by atoms with E-state index in [0.29, 0.717) is 0 Å². The molecule has 68 valence electrons. The number of hydrogen-bond acceptors (Lipinski definition) is 3. The predicted molar refractivity (Wildman–Crippen MR) is 45.4 cm³/mol. The van der Waals surface area contributed by atoms with E-state index in [4.69, 9.17) is 10.2 Å². The second-order valence-electron chi connectivity index (χ2n) is 3.11. The first-order valence-corrected chi connectivity index (χ1v) is 4.13. The zero-order chi connectivity index (χ0) is 8.85. The van der Waals surface area contributed by atoms with Gasteiger partial charge in [-0.1, -0.05) is 0 Å². The third-order valence-electron chi connectivity index (χ3n) is 1.83. The topological polar surface area (TPSA) is 52.5 Å². The lowest BCUT2D eigenvalue weighted by Crippen LogP contribution is -2.41. The first kappa shape index (κ1) is 10.9. The molecule has 0 fully saturated rings. The van der Waals surface area contributed by atoms with Crippen molar-refractivity contribution in [2.75, 3.05) is 6.61 Å². The van der Waals surface area contributed by atoms with Crippen LogP contribution in [0.3, 0.4) is 0 Å². The highest BCUT2D eigenvalue weighted by atomic mass is 16.3. The van der Waals surface area contributed by atoms with Gasteiger partial charge in [0.15, 0.2) is 0 Å². The third kappa shape index (κ3) is 5.18. The van der Waals surface area contributed by atoms with Crippen LogP contribution in [0, 0.1) is 0 Å². The van der Waals surface area contributed by atoms with Gasteiger partial charge in [-0.25, -0.2) is 0 Å². The van der Waals surface area contributed by atoms with Crippen LogP contribution < -0.4 is 5.32 Å². The Bertz CT molecular complexity index is 96.1. The van der Waals surface area contributed by atoms with Gasteiger partial charge in [0, 0.05) is 18.7 Å². The summed E-state index contributed by atoms with van der Waals surface area (Å²) in [5.74, 6) is 0. The van der Waals surface area contributed by atoms with Gasteiger partial charge in [-0.2, -0.15) is 0 Å². The zero-order valence-electron chi connectivity index (χ0n) is 7.54. The first-order chi connectivity index (χ1) is 5.07. The minimum atomic E-state index is -0.337. The monoisotopic (exact) mass is 161 g/mol. The van der Waals surface area contributed by atoms with E-state index in [-0.39, 0.29) is 24.8 Å². The molecular formula is C8H19NO2. The molecule has 0 radical (unpaired) electrons. The fraction of sp³-hybridized carbons (Fsp3) is 1.00. The van der Waals surface area contributed by atoms with Crippen molar-refractivity contribution in [2.24, 2.45) is 0 Å². The minimum Gasteiger partial charge on any atom is -0.396 e. The summed E-state index contributed by atoms with van der Waals surface area (Å²) in [5, 5.41) is 20.9. The van der Waals surface area contributed by atoms with Crippen LogP contribution >= 0.6 is 0 Å². The Kier molecular flexibility index (Phi) is 5.46. The van der Waals surface area contributed by atoms with E-state index >= 15 is 0 Å². The molecular weight excluding hydrogens is 142 g/mol. The molecule has 3 nitrogen and oxygen atoms in total. The molecule has 0 heterocycles. The first-order valence-electron chi connectivity index (χ1n) is 4.13. The lowest BCUT2D eigenvalue weighted by atomic mass is 10.1. The summed E-state index contributed by atoms with van der Waals surface area (Å²) >= 11 is 0. The van der Waals surface area contributed by atoms with Gasteiger partial charge in [0.1, 0.15) is 0 Å². The molecule has 0 aromatic carbocycles. The quantitative estimate of drug-likeness (QED) is 0.536. The van der Waals surface area contributed by atoms with Crippen LogP contribution in [0.2, 0.25) is 0 Å². The maximum absolute atomic E-state index is 9.11. The maximum Gasteiger partial charge on any atom is 0.0662 e. The fourth-order valence-electron chi connectivity index (χ4n) is 0.865. The minimum absolute atomic E-state index is 0.0940. The largest absolute Gasteiger partial charge is 0.396 e. The van der Waals surface area contributed by atoms with Crippen molar-refractivity contribution in [3.8, 4) is 0 Å². The fourth-order valence-corrected chi connectivity index (χ4v) is 0.865. The molecule has 3 N–H and O–H groups in total.